The van der Waals surface area contributed by atoms with Crippen molar-refractivity contribution in [1.82, 2.24) is 0 Å². The molecule has 22 heavy (non-hydrogen) atoms. The number of nitro groups is 2. The molecule has 1 N–H and O–H groups in total. The molecule has 0 aliphatic carbocycles. The predicted molar refractivity (Wildman–Crippen MR) is 83.2 cm³/mol. The van der Waals surface area contributed by atoms with Crippen LogP contribution >= 0.6 is 11.6 Å². The van der Waals surface area contributed by atoms with Crippen LogP contribution in [0.2, 0.25) is 5.02 Å². The summed E-state index contributed by atoms with van der Waals surface area (Å²) < 4.78 is 0. The Bertz CT molecular complexity index is 736. The second kappa shape index (κ2) is 6.40. The average molecular weight is 322 g/mol. The van der Waals surface area contributed by atoms with Crippen LogP contribution < -0.4 is 5.32 Å². The van der Waals surface area contributed by atoms with Gasteiger partial charge in [0.25, 0.3) is 11.4 Å². The molecule has 0 amide bonds. The van der Waals surface area contributed by atoms with Crippen LogP contribution in [0.15, 0.2) is 42.5 Å². The third-order valence-corrected chi connectivity index (χ3v) is 3.48. The lowest BCUT2D eigenvalue weighted by molar-refractivity contribution is -0.393. The molecule has 8 heteroatoms. The Labute approximate surface area is 130 Å². The largest absolute Gasteiger partial charge is 0.373 e. The molecule has 0 spiro atoms. The van der Waals surface area contributed by atoms with E-state index in [4.69, 9.17) is 11.6 Å². The number of hydrogen-bond acceptors (Lipinski definition) is 5. The minimum absolute atomic E-state index is 0.197. The predicted octanol–water partition coefficient (Wildman–Crippen LogP) is 4.33. The van der Waals surface area contributed by atoms with Crippen molar-refractivity contribution in [3.8, 4) is 0 Å². The van der Waals surface area contributed by atoms with Gasteiger partial charge in [-0.25, -0.2) is 0 Å². The second-order valence-corrected chi connectivity index (χ2v) is 5.01. The van der Waals surface area contributed by atoms with Crippen molar-refractivity contribution < 1.29 is 9.85 Å². The Morgan fingerprint density at radius 3 is 2.36 bits per heavy atom. The van der Waals surface area contributed by atoms with Gasteiger partial charge in [0.1, 0.15) is 5.69 Å². The molecule has 0 saturated carbocycles. The standard InChI is InChI=1S/C14H12ClN3O4/c1-9(11-4-2-3-5-12(11)15)16-13-7-6-10(17(19)20)8-14(13)18(21)22/h2-9,16H,1H3/t9-/m0/s1. The molecule has 0 heterocycles. The second-order valence-electron chi connectivity index (χ2n) is 4.60. The number of hydrogen-bond donors (Lipinski definition) is 1. The number of nitro benzene ring substituents is 2. The summed E-state index contributed by atoms with van der Waals surface area (Å²) in [6.45, 7) is 1.80. The normalized spacial score (nSPS) is 11.7. The van der Waals surface area contributed by atoms with Crippen LogP contribution in [0.4, 0.5) is 17.1 Å². The van der Waals surface area contributed by atoms with Gasteiger partial charge in [-0.1, -0.05) is 29.8 Å². The summed E-state index contributed by atoms with van der Waals surface area (Å²) in [5.74, 6) is 0. The average Bonchev–Trinajstić information content (AvgIpc) is 2.47. The molecule has 7 nitrogen and oxygen atoms in total. The maximum atomic E-state index is 11.1. The van der Waals surface area contributed by atoms with Gasteiger partial charge in [-0.3, -0.25) is 20.2 Å². The summed E-state index contributed by atoms with van der Waals surface area (Å²) in [5.41, 5.74) is 0.288. The molecule has 0 unspecified atom stereocenters. The summed E-state index contributed by atoms with van der Waals surface area (Å²) in [4.78, 5) is 20.5. The molecule has 0 saturated heterocycles. The van der Waals surface area contributed by atoms with Gasteiger partial charge in [0, 0.05) is 11.1 Å². The first-order valence-corrected chi connectivity index (χ1v) is 6.71. The third kappa shape index (κ3) is 3.32. The Morgan fingerprint density at radius 1 is 1.09 bits per heavy atom. The number of halogens is 1. The molecule has 0 aromatic heterocycles. The molecular formula is C14H12ClN3O4. The Kier molecular flexibility index (Phi) is 4.57. The smallest absolute Gasteiger partial charge is 0.299 e. The van der Waals surface area contributed by atoms with Gasteiger partial charge in [0.2, 0.25) is 0 Å². The first-order valence-electron chi connectivity index (χ1n) is 6.34. The SMILES string of the molecule is C[C@H](Nc1ccc([N+](=O)[O-])cc1[N+](=O)[O-])c1ccccc1Cl. The number of nitrogens with one attached hydrogen (secondary N) is 1. The van der Waals surface area contributed by atoms with E-state index in [1.54, 1.807) is 25.1 Å². The fourth-order valence-electron chi connectivity index (χ4n) is 2.04. The van der Waals surface area contributed by atoms with E-state index in [1.807, 2.05) is 6.07 Å². The van der Waals surface area contributed by atoms with Crippen LogP contribution in [0.3, 0.4) is 0 Å². The maximum Gasteiger partial charge on any atom is 0.299 e. The molecule has 2 rings (SSSR count). The highest BCUT2D eigenvalue weighted by Gasteiger charge is 2.21. The van der Waals surface area contributed by atoms with Crippen molar-refractivity contribution in [3.63, 3.8) is 0 Å². The zero-order valence-corrected chi connectivity index (χ0v) is 12.3. The zero-order valence-electron chi connectivity index (χ0n) is 11.5. The van der Waals surface area contributed by atoms with Gasteiger partial charge < -0.3 is 5.32 Å². The van der Waals surface area contributed by atoms with Crippen LogP contribution in [0, 0.1) is 20.2 Å². The monoisotopic (exact) mass is 321 g/mol. The van der Waals surface area contributed by atoms with E-state index < -0.39 is 9.85 Å². The summed E-state index contributed by atoms with van der Waals surface area (Å²) in [7, 11) is 0. The minimum Gasteiger partial charge on any atom is -0.373 e. The van der Waals surface area contributed by atoms with Gasteiger partial charge in [-0.2, -0.15) is 0 Å². The molecule has 0 fully saturated rings. The molecule has 0 bridgehead atoms. The molecular weight excluding hydrogens is 310 g/mol. The van der Waals surface area contributed by atoms with Gasteiger partial charge in [0.05, 0.1) is 22.0 Å². The van der Waals surface area contributed by atoms with E-state index >= 15 is 0 Å². The van der Waals surface area contributed by atoms with E-state index in [2.05, 4.69) is 5.32 Å². The fraction of sp³-hybridized carbons (Fsp3) is 0.143. The first kappa shape index (κ1) is 15.7. The summed E-state index contributed by atoms with van der Waals surface area (Å²) in [5, 5.41) is 25.3. The highest BCUT2D eigenvalue weighted by molar-refractivity contribution is 6.31. The van der Waals surface area contributed by atoms with Crippen LogP contribution in [-0.4, -0.2) is 9.85 Å². The number of nitrogens with zero attached hydrogens (tertiary/aromatic N) is 2. The topological polar surface area (TPSA) is 98.3 Å². The van der Waals surface area contributed by atoms with Crippen LogP contribution in [0.5, 0.6) is 0 Å². The van der Waals surface area contributed by atoms with Crippen LogP contribution in [-0.2, 0) is 0 Å². The lowest BCUT2D eigenvalue weighted by atomic mass is 10.1. The maximum absolute atomic E-state index is 11.1. The van der Waals surface area contributed by atoms with E-state index in [-0.39, 0.29) is 23.1 Å². The van der Waals surface area contributed by atoms with Crippen molar-refractivity contribution in [2.75, 3.05) is 5.32 Å². The lowest BCUT2D eigenvalue weighted by Crippen LogP contribution is -2.09. The molecule has 0 aliphatic heterocycles. The van der Waals surface area contributed by atoms with Crippen molar-refractivity contribution in [2.24, 2.45) is 0 Å². The summed E-state index contributed by atoms with van der Waals surface area (Å²) in [6.07, 6.45) is 0. The lowest BCUT2D eigenvalue weighted by Gasteiger charge is -2.16. The first-order chi connectivity index (χ1) is 10.4. The van der Waals surface area contributed by atoms with E-state index in [0.717, 1.165) is 11.6 Å². The quantitative estimate of drug-likeness (QED) is 0.652. The van der Waals surface area contributed by atoms with Gasteiger partial charge in [0.15, 0.2) is 0 Å². The highest BCUT2D eigenvalue weighted by atomic mass is 35.5. The fourth-order valence-corrected chi connectivity index (χ4v) is 2.34. The van der Waals surface area contributed by atoms with Crippen molar-refractivity contribution in [2.45, 2.75) is 13.0 Å². The third-order valence-electron chi connectivity index (χ3n) is 3.13. The molecule has 2 aromatic rings. The van der Waals surface area contributed by atoms with Crippen molar-refractivity contribution in [1.29, 1.82) is 0 Å². The molecule has 1 atom stereocenters. The van der Waals surface area contributed by atoms with E-state index in [1.165, 1.54) is 12.1 Å². The van der Waals surface area contributed by atoms with E-state index in [0.29, 0.717) is 5.02 Å². The Hall–Kier alpha value is -2.67. The van der Waals surface area contributed by atoms with Gasteiger partial charge in [-0.05, 0) is 24.6 Å². The van der Waals surface area contributed by atoms with Crippen LogP contribution in [0.25, 0.3) is 0 Å². The molecule has 0 radical (unpaired) electrons. The Morgan fingerprint density at radius 2 is 1.77 bits per heavy atom. The molecule has 2 aromatic carbocycles. The van der Waals surface area contributed by atoms with Gasteiger partial charge >= 0.3 is 0 Å². The number of anilines is 1. The number of rotatable bonds is 5. The van der Waals surface area contributed by atoms with E-state index in [9.17, 15) is 20.2 Å². The van der Waals surface area contributed by atoms with Crippen LogP contribution in [0.1, 0.15) is 18.5 Å². The zero-order chi connectivity index (χ0) is 16.3. The number of benzene rings is 2. The summed E-state index contributed by atoms with van der Waals surface area (Å²) >= 11 is 6.09. The number of non-ortho nitro benzene ring substituents is 1. The van der Waals surface area contributed by atoms with Gasteiger partial charge in [-0.15, -0.1) is 0 Å². The molecule has 0 aliphatic rings. The summed E-state index contributed by atoms with van der Waals surface area (Å²) in [6, 6.07) is 10.3. The van der Waals surface area contributed by atoms with Crippen molar-refractivity contribution in [3.05, 3.63) is 73.3 Å². The van der Waals surface area contributed by atoms with Crippen molar-refractivity contribution >= 4 is 28.7 Å². The Balaban J connectivity index is 2.35. The molecule has 114 valence electrons. The minimum atomic E-state index is -0.672. The highest BCUT2D eigenvalue weighted by Crippen LogP contribution is 2.33.